The van der Waals surface area contributed by atoms with E-state index >= 15 is 0 Å². The van der Waals surface area contributed by atoms with Crippen molar-refractivity contribution in [3.05, 3.63) is 53.9 Å². The van der Waals surface area contributed by atoms with Crippen LogP contribution in [0.2, 0.25) is 0 Å². The van der Waals surface area contributed by atoms with Crippen molar-refractivity contribution in [1.29, 1.82) is 0 Å². The van der Waals surface area contributed by atoms with E-state index in [1.165, 1.54) is 13.0 Å². The Morgan fingerprint density at radius 3 is 2.58 bits per heavy atom. The maximum atomic E-state index is 13.5. The molecule has 1 atom stereocenters. The molecule has 1 heterocycles. The standard InChI is InChI=1S/C19H23N3O3S/c1-13-7-8-16(21-15(3)23)12-19(13)26(24,25)22(17-9-10-17)14(2)18-6-4-5-11-20-18/h4-8,11-12,14,17H,9-10H2,1-3H3,(H,21,23). The van der Waals surface area contributed by atoms with Gasteiger partial charge in [0.05, 0.1) is 16.6 Å². The molecule has 1 fully saturated rings. The quantitative estimate of drug-likeness (QED) is 0.843. The highest BCUT2D eigenvalue weighted by Crippen LogP contribution is 2.39. The molecule has 1 aromatic carbocycles. The molecular weight excluding hydrogens is 350 g/mol. The topological polar surface area (TPSA) is 79.4 Å². The van der Waals surface area contributed by atoms with Crippen LogP contribution in [-0.4, -0.2) is 29.7 Å². The largest absolute Gasteiger partial charge is 0.326 e. The van der Waals surface area contributed by atoms with Crippen LogP contribution in [-0.2, 0) is 14.8 Å². The van der Waals surface area contributed by atoms with Gasteiger partial charge in [-0.25, -0.2) is 8.42 Å². The van der Waals surface area contributed by atoms with Gasteiger partial charge >= 0.3 is 0 Å². The van der Waals surface area contributed by atoms with Crippen LogP contribution in [0, 0.1) is 6.92 Å². The van der Waals surface area contributed by atoms with Gasteiger partial charge in [-0.1, -0.05) is 12.1 Å². The second kappa shape index (κ2) is 7.17. The van der Waals surface area contributed by atoms with Gasteiger partial charge in [0.25, 0.3) is 0 Å². The second-order valence-corrected chi connectivity index (χ2v) is 8.47. The minimum absolute atomic E-state index is 0.0131. The molecule has 1 unspecified atom stereocenters. The summed E-state index contributed by atoms with van der Waals surface area (Å²) in [6.45, 7) is 5.03. The van der Waals surface area contributed by atoms with Crippen LogP contribution in [0.15, 0.2) is 47.5 Å². The number of benzene rings is 1. The van der Waals surface area contributed by atoms with E-state index in [0.29, 0.717) is 11.3 Å². The third kappa shape index (κ3) is 3.78. The Hall–Kier alpha value is -2.25. The summed E-state index contributed by atoms with van der Waals surface area (Å²) in [4.78, 5) is 15.9. The monoisotopic (exact) mass is 373 g/mol. The van der Waals surface area contributed by atoms with E-state index < -0.39 is 10.0 Å². The number of carbonyl (C=O) groups is 1. The van der Waals surface area contributed by atoms with Gasteiger partial charge in [0.15, 0.2) is 0 Å². The van der Waals surface area contributed by atoms with E-state index in [2.05, 4.69) is 10.3 Å². The number of rotatable bonds is 6. The lowest BCUT2D eigenvalue weighted by Gasteiger charge is -2.29. The van der Waals surface area contributed by atoms with E-state index in [9.17, 15) is 13.2 Å². The summed E-state index contributed by atoms with van der Waals surface area (Å²) < 4.78 is 28.5. The first-order valence-electron chi connectivity index (χ1n) is 8.63. The number of amides is 1. The number of hydrogen-bond donors (Lipinski definition) is 1. The van der Waals surface area contributed by atoms with Crippen molar-refractivity contribution in [2.75, 3.05) is 5.32 Å². The summed E-state index contributed by atoms with van der Waals surface area (Å²) >= 11 is 0. The number of nitrogens with one attached hydrogen (secondary N) is 1. The van der Waals surface area contributed by atoms with Crippen LogP contribution in [0.4, 0.5) is 5.69 Å². The summed E-state index contributed by atoms with van der Waals surface area (Å²) in [6.07, 6.45) is 3.37. The van der Waals surface area contributed by atoms with Crippen LogP contribution >= 0.6 is 0 Å². The van der Waals surface area contributed by atoms with Gasteiger partial charge in [-0.15, -0.1) is 0 Å². The lowest BCUT2D eigenvalue weighted by atomic mass is 10.2. The zero-order valence-electron chi connectivity index (χ0n) is 15.1. The zero-order valence-corrected chi connectivity index (χ0v) is 16.0. The van der Waals surface area contributed by atoms with Crippen LogP contribution in [0.5, 0.6) is 0 Å². The number of anilines is 1. The molecule has 0 saturated heterocycles. The van der Waals surface area contributed by atoms with E-state index in [1.807, 2.05) is 25.1 Å². The number of aromatic nitrogens is 1. The molecule has 2 aromatic rings. The van der Waals surface area contributed by atoms with E-state index in [0.717, 1.165) is 18.5 Å². The molecular formula is C19H23N3O3S. The molecule has 26 heavy (non-hydrogen) atoms. The van der Waals surface area contributed by atoms with Crippen molar-refractivity contribution < 1.29 is 13.2 Å². The van der Waals surface area contributed by atoms with Crippen LogP contribution in [0.3, 0.4) is 0 Å². The van der Waals surface area contributed by atoms with Gasteiger partial charge < -0.3 is 5.32 Å². The lowest BCUT2D eigenvalue weighted by molar-refractivity contribution is -0.114. The average Bonchev–Trinajstić information content (AvgIpc) is 3.41. The molecule has 6 nitrogen and oxygen atoms in total. The van der Waals surface area contributed by atoms with Crippen molar-refractivity contribution in [2.24, 2.45) is 0 Å². The Bertz CT molecular complexity index is 909. The molecule has 3 rings (SSSR count). The molecule has 0 aliphatic heterocycles. The Morgan fingerprint density at radius 2 is 2.00 bits per heavy atom. The van der Waals surface area contributed by atoms with Crippen LogP contribution < -0.4 is 5.32 Å². The zero-order chi connectivity index (χ0) is 18.9. The van der Waals surface area contributed by atoms with E-state index in [1.54, 1.807) is 29.6 Å². The van der Waals surface area contributed by atoms with Gasteiger partial charge in [0.2, 0.25) is 15.9 Å². The maximum Gasteiger partial charge on any atom is 0.244 e. The summed E-state index contributed by atoms with van der Waals surface area (Å²) in [5.41, 5.74) is 1.85. The first-order valence-corrected chi connectivity index (χ1v) is 10.1. The molecule has 7 heteroatoms. The van der Waals surface area contributed by atoms with Gasteiger partial charge in [0.1, 0.15) is 0 Å². The van der Waals surface area contributed by atoms with Crippen molar-refractivity contribution in [3.8, 4) is 0 Å². The predicted molar refractivity (Wildman–Crippen MR) is 100 cm³/mol. The van der Waals surface area contributed by atoms with Gasteiger partial charge in [0, 0.05) is 24.8 Å². The van der Waals surface area contributed by atoms with E-state index in [4.69, 9.17) is 0 Å². The first kappa shape index (κ1) is 18.5. The van der Waals surface area contributed by atoms with Crippen molar-refractivity contribution in [2.45, 2.75) is 50.6 Å². The van der Waals surface area contributed by atoms with Crippen molar-refractivity contribution >= 4 is 21.6 Å². The fourth-order valence-corrected chi connectivity index (χ4v) is 5.18. The van der Waals surface area contributed by atoms with Gasteiger partial charge in [-0.3, -0.25) is 9.78 Å². The Kier molecular flexibility index (Phi) is 5.11. The number of pyridine rings is 1. The fraction of sp³-hybridized carbons (Fsp3) is 0.368. The van der Waals surface area contributed by atoms with Gasteiger partial charge in [-0.05, 0) is 56.5 Å². The highest BCUT2D eigenvalue weighted by Gasteiger charge is 2.42. The summed E-state index contributed by atoms with van der Waals surface area (Å²) in [5.74, 6) is -0.238. The molecule has 1 aliphatic carbocycles. The summed E-state index contributed by atoms with van der Waals surface area (Å²) in [7, 11) is -3.73. The fourth-order valence-electron chi connectivity index (χ4n) is 3.08. The smallest absolute Gasteiger partial charge is 0.244 e. The average molecular weight is 373 g/mol. The molecule has 1 aliphatic rings. The van der Waals surface area contributed by atoms with Gasteiger partial charge in [-0.2, -0.15) is 4.31 Å². The minimum Gasteiger partial charge on any atom is -0.326 e. The Morgan fingerprint density at radius 1 is 1.27 bits per heavy atom. The number of carbonyl (C=O) groups excluding carboxylic acids is 1. The van der Waals surface area contributed by atoms with E-state index in [-0.39, 0.29) is 22.9 Å². The number of aryl methyl sites for hydroxylation is 1. The molecule has 1 N–H and O–H groups in total. The lowest BCUT2D eigenvalue weighted by Crippen LogP contribution is -2.36. The third-order valence-electron chi connectivity index (χ3n) is 4.47. The molecule has 0 radical (unpaired) electrons. The number of hydrogen-bond acceptors (Lipinski definition) is 4. The highest BCUT2D eigenvalue weighted by atomic mass is 32.2. The molecule has 1 saturated carbocycles. The molecule has 0 bridgehead atoms. The van der Waals surface area contributed by atoms with Crippen molar-refractivity contribution in [1.82, 2.24) is 9.29 Å². The number of nitrogens with zero attached hydrogens (tertiary/aromatic N) is 2. The normalized spacial score (nSPS) is 15.7. The van der Waals surface area contributed by atoms with Crippen LogP contribution in [0.25, 0.3) is 0 Å². The SMILES string of the molecule is CC(=O)Nc1ccc(C)c(S(=O)(=O)N(C2CC2)C(C)c2ccccn2)c1. The molecule has 0 spiro atoms. The summed E-state index contributed by atoms with van der Waals surface area (Å²) in [6, 6.07) is 10.1. The predicted octanol–water partition coefficient (Wildman–Crippen LogP) is 3.26. The minimum atomic E-state index is -3.73. The number of sulfonamides is 1. The Balaban J connectivity index is 2.03. The van der Waals surface area contributed by atoms with Crippen LogP contribution in [0.1, 0.15) is 44.0 Å². The molecule has 1 aromatic heterocycles. The highest BCUT2D eigenvalue weighted by molar-refractivity contribution is 7.89. The Labute approximate surface area is 154 Å². The molecule has 1 amide bonds. The third-order valence-corrected chi connectivity index (χ3v) is 6.63. The van der Waals surface area contributed by atoms with Crippen molar-refractivity contribution in [3.63, 3.8) is 0 Å². The maximum absolute atomic E-state index is 13.5. The second-order valence-electron chi connectivity index (χ2n) is 6.66. The first-order chi connectivity index (χ1) is 12.3. The molecule has 138 valence electrons. The summed E-state index contributed by atoms with van der Waals surface area (Å²) in [5, 5.41) is 2.65.